The summed E-state index contributed by atoms with van der Waals surface area (Å²) in [6, 6.07) is 1.71. The molecule has 0 aromatic heterocycles. The van der Waals surface area contributed by atoms with E-state index in [1.54, 1.807) is 17.2 Å². The lowest BCUT2D eigenvalue weighted by molar-refractivity contribution is -0.165. The van der Waals surface area contributed by atoms with E-state index in [0.717, 1.165) is 21.7 Å². The van der Waals surface area contributed by atoms with Gasteiger partial charge in [-0.25, -0.2) is 0 Å². The zero-order valence-electron chi connectivity index (χ0n) is 21.0. The Hall–Kier alpha value is -3.01. The standard InChI is InChI=1S/C27H28ClF3N4O3/c1-15-6-19(24(36)12-33-15)16-2-4-34(5-3-16)25(37)9-18-7-17-8-23(28)21-11-32-10-20(21)22(17)13-35(26(18)38)14-27(29,30)31/h6,8,10,16,18H,2-5,7,9,11-14H2,1H3/t18-/m1/s1. The number of halogens is 4. The highest BCUT2D eigenvalue weighted by atomic mass is 35.5. The molecule has 1 aromatic carbocycles. The summed E-state index contributed by atoms with van der Waals surface area (Å²) >= 11 is 6.44. The molecule has 0 aliphatic carbocycles. The van der Waals surface area contributed by atoms with Crippen molar-refractivity contribution in [3.8, 4) is 0 Å². The summed E-state index contributed by atoms with van der Waals surface area (Å²) in [7, 11) is 0. The first-order chi connectivity index (χ1) is 18.0. The van der Waals surface area contributed by atoms with Crippen LogP contribution in [0.5, 0.6) is 0 Å². The SMILES string of the molecule is CC1=NCC(=O)C(C2CCN(C(=O)C[C@H]3Cc4cc(Cl)c5c(c4CN(CC(F)(F)F)C3=O)C=NC5)CC2)=C1. The number of likely N-dealkylation sites (tertiary alicyclic amines) is 1. The number of amides is 2. The minimum atomic E-state index is -4.57. The molecule has 5 rings (SSSR count). The van der Waals surface area contributed by atoms with Gasteiger partial charge in [-0.15, -0.1) is 0 Å². The molecular formula is C27H28ClF3N4O3. The molecule has 4 heterocycles. The fraction of sp³-hybridized carbons (Fsp3) is 0.519. The number of benzene rings is 1. The number of dihydropyridines is 1. The van der Waals surface area contributed by atoms with Gasteiger partial charge in [0.05, 0.1) is 12.5 Å². The topological polar surface area (TPSA) is 82.4 Å². The van der Waals surface area contributed by atoms with E-state index in [9.17, 15) is 27.6 Å². The maximum absolute atomic E-state index is 13.4. The largest absolute Gasteiger partial charge is 0.406 e. The number of allylic oxidation sites excluding steroid dienone is 1. The van der Waals surface area contributed by atoms with Gasteiger partial charge in [0.1, 0.15) is 13.1 Å². The van der Waals surface area contributed by atoms with Crippen LogP contribution in [0.2, 0.25) is 5.02 Å². The van der Waals surface area contributed by atoms with Gasteiger partial charge in [-0.1, -0.05) is 11.6 Å². The predicted octanol–water partition coefficient (Wildman–Crippen LogP) is 3.93. The van der Waals surface area contributed by atoms with Crippen molar-refractivity contribution < 1.29 is 27.6 Å². The van der Waals surface area contributed by atoms with Crippen molar-refractivity contribution in [1.29, 1.82) is 0 Å². The van der Waals surface area contributed by atoms with Crippen molar-refractivity contribution in [3.05, 3.63) is 45.0 Å². The van der Waals surface area contributed by atoms with E-state index < -0.39 is 24.5 Å². The first-order valence-electron chi connectivity index (χ1n) is 12.7. The molecule has 11 heteroatoms. The Morgan fingerprint density at radius 1 is 1.16 bits per heavy atom. The molecular weight excluding hydrogens is 521 g/mol. The second kappa shape index (κ2) is 10.3. The summed E-state index contributed by atoms with van der Waals surface area (Å²) < 4.78 is 40.3. The summed E-state index contributed by atoms with van der Waals surface area (Å²) in [6.07, 6.45) is 0.00942. The molecule has 4 aliphatic rings. The lowest BCUT2D eigenvalue weighted by Crippen LogP contribution is -2.44. The molecule has 202 valence electrons. The van der Waals surface area contributed by atoms with Gasteiger partial charge in [-0.3, -0.25) is 24.4 Å². The van der Waals surface area contributed by atoms with Crippen LogP contribution in [-0.4, -0.2) is 71.7 Å². The molecule has 7 nitrogen and oxygen atoms in total. The smallest absolute Gasteiger partial charge is 0.343 e. The van der Waals surface area contributed by atoms with Gasteiger partial charge >= 0.3 is 6.18 Å². The molecule has 0 saturated carbocycles. The Morgan fingerprint density at radius 2 is 1.89 bits per heavy atom. The third-order valence-electron chi connectivity index (χ3n) is 7.81. The molecule has 0 radical (unpaired) electrons. The van der Waals surface area contributed by atoms with Crippen molar-refractivity contribution in [2.24, 2.45) is 21.8 Å². The molecule has 0 N–H and O–H groups in total. The van der Waals surface area contributed by atoms with Crippen LogP contribution in [0.3, 0.4) is 0 Å². The number of piperidine rings is 1. The van der Waals surface area contributed by atoms with Gasteiger partial charge in [0, 0.05) is 59.7 Å². The molecule has 38 heavy (non-hydrogen) atoms. The number of hydrogen-bond acceptors (Lipinski definition) is 5. The Bertz CT molecular complexity index is 1280. The minimum absolute atomic E-state index is 0.00282. The molecule has 0 spiro atoms. The van der Waals surface area contributed by atoms with Crippen molar-refractivity contribution in [2.45, 2.75) is 51.9 Å². The Morgan fingerprint density at radius 3 is 2.61 bits per heavy atom. The zero-order chi connectivity index (χ0) is 27.2. The summed E-state index contributed by atoms with van der Waals surface area (Å²) in [6.45, 7) is 1.59. The van der Waals surface area contributed by atoms with E-state index in [4.69, 9.17) is 11.6 Å². The maximum atomic E-state index is 13.4. The first kappa shape index (κ1) is 26.6. The van der Waals surface area contributed by atoms with E-state index in [2.05, 4.69) is 9.98 Å². The summed E-state index contributed by atoms with van der Waals surface area (Å²) in [5.74, 6) is -1.85. The number of carbonyl (C=O) groups is 3. The molecule has 2 amide bonds. The number of rotatable bonds is 4. The fourth-order valence-corrected chi connectivity index (χ4v) is 6.17. The molecule has 1 atom stereocenters. The van der Waals surface area contributed by atoms with Gasteiger partial charge in [-0.05, 0) is 55.4 Å². The lowest BCUT2D eigenvalue weighted by atomic mass is 9.84. The number of ketones is 1. The van der Waals surface area contributed by atoms with E-state index >= 15 is 0 Å². The van der Waals surface area contributed by atoms with Gasteiger partial charge < -0.3 is 9.80 Å². The van der Waals surface area contributed by atoms with Crippen LogP contribution >= 0.6 is 11.6 Å². The van der Waals surface area contributed by atoms with E-state index in [-0.39, 0.29) is 43.5 Å². The van der Waals surface area contributed by atoms with Crippen LogP contribution in [0.4, 0.5) is 13.2 Å². The molecule has 1 aromatic rings. The number of carbonyl (C=O) groups excluding carboxylic acids is 3. The molecule has 1 fully saturated rings. The van der Waals surface area contributed by atoms with Gasteiger partial charge in [-0.2, -0.15) is 13.2 Å². The number of nitrogens with zero attached hydrogens (tertiary/aromatic N) is 4. The molecule has 4 aliphatic heterocycles. The normalized spacial score (nSPS) is 22.2. The van der Waals surface area contributed by atoms with Crippen molar-refractivity contribution >= 4 is 41.1 Å². The van der Waals surface area contributed by atoms with Gasteiger partial charge in [0.2, 0.25) is 11.8 Å². The quantitative estimate of drug-likeness (QED) is 0.571. The van der Waals surface area contributed by atoms with Crippen molar-refractivity contribution in [2.75, 3.05) is 26.2 Å². The van der Waals surface area contributed by atoms with E-state index in [1.807, 2.05) is 13.0 Å². The Kier molecular flexibility index (Phi) is 7.19. The average Bonchev–Trinajstić information content (AvgIpc) is 3.32. The number of hydrogen-bond donors (Lipinski definition) is 0. The second-order valence-corrected chi connectivity index (χ2v) is 10.8. The Balaban J connectivity index is 1.33. The predicted molar refractivity (Wildman–Crippen MR) is 136 cm³/mol. The van der Waals surface area contributed by atoms with Crippen LogP contribution < -0.4 is 0 Å². The Labute approximate surface area is 223 Å². The fourth-order valence-electron chi connectivity index (χ4n) is 5.88. The maximum Gasteiger partial charge on any atom is 0.406 e. The third kappa shape index (κ3) is 5.41. The van der Waals surface area contributed by atoms with Crippen molar-refractivity contribution in [1.82, 2.24) is 9.80 Å². The monoisotopic (exact) mass is 548 g/mol. The third-order valence-corrected chi connectivity index (χ3v) is 8.15. The van der Waals surface area contributed by atoms with Crippen LogP contribution in [0.1, 0.15) is 48.4 Å². The summed E-state index contributed by atoms with van der Waals surface area (Å²) in [5, 5.41) is 0.465. The van der Waals surface area contributed by atoms with Crippen LogP contribution in [0.25, 0.3) is 0 Å². The van der Waals surface area contributed by atoms with Crippen LogP contribution in [0, 0.1) is 11.8 Å². The second-order valence-electron chi connectivity index (χ2n) is 10.4. The van der Waals surface area contributed by atoms with Gasteiger partial charge in [0.25, 0.3) is 0 Å². The van der Waals surface area contributed by atoms with Crippen LogP contribution in [-0.2, 0) is 33.9 Å². The lowest BCUT2D eigenvalue weighted by Gasteiger charge is -2.34. The van der Waals surface area contributed by atoms with Crippen LogP contribution in [0.15, 0.2) is 27.7 Å². The van der Waals surface area contributed by atoms with Gasteiger partial charge in [0.15, 0.2) is 5.78 Å². The molecule has 1 saturated heterocycles. The van der Waals surface area contributed by atoms with Crippen molar-refractivity contribution in [3.63, 3.8) is 0 Å². The zero-order valence-corrected chi connectivity index (χ0v) is 21.7. The summed E-state index contributed by atoms with van der Waals surface area (Å²) in [4.78, 5) is 49.8. The van der Waals surface area contributed by atoms with E-state index in [1.165, 1.54) is 0 Å². The average molecular weight is 549 g/mol. The number of aliphatic imine (C=N–C) groups is 2. The summed E-state index contributed by atoms with van der Waals surface area (Å²) in [5.41, 5.74) is 4.27. The number of Topliss-reactive ketones (excluding diaryl/α,β-unsaturated/α-hetero) is 1. The molecule has 0 bridgehead atoms. The minimum Gasteiger partial charge on any atom is -0.343 e. The van der Waals surface area contributed by atoms with E-state index in [0.29, 0.717) is 54.2 Å². The first-order valence-corrected chi connectivity index (χ1v) is 13.1. The number of alkyl halides is 3. The molecule has 0 unspecified atom stereocenters. The highest BCUT2D eigenvalue weighted by molar-refractivity contribution is 6.32. The number of fused-ring (bicyclic) bond motifs is 3. The highest BCUT2D eigenvalue weighted by Gasteiger charge is 2.40. The highest BCUT2D eigenvalue weighted by Crippen LogP contribution is 2.36.